The van der Waals surface area contributed by atoms with E-state index < -0.39 is 0 Å². The third-order valence-corrected chi connectivity index (χ3v) is 6.05. The molecule has 140 valence electrons. The minimum absolute atomic E-state index is 0.189. The number of hydrogen-bond donors (Lipinski definition) is 1. The second kappa shape index (κ2) is 7.99. The highest BCUT2D eigenvalue weighted by atomic mass is 16.1. The van der Waals surface area contributed by atoms with E-state index in [4.69, 9.17) is 5.73 Å². The Kier molecular flexibility index (Phi) is 5.28. The van der Waals surface area contributed by atoms with Crippen molar-refractivity contribution in [3.8, 4) is 0 Å². The van der Waals surface area contributed by atoms with Gasteiger partial charge in [-0.15, -0.1) is 0 Å². The molecule has 2 aromatic carbocycles. The zero-order valence-electron chi connectivity index (χ0n) is 15.8. The Labute approximate surface area is 161 Å². The topological polar surface area (TPSA) is 48.0 Å². The first-order valence-corrected chi connectivity index (χ1v) is 10.1. The first kappa shape index (κ1) is 17.8. The van der Waals surface area contributed by atoms with Crippen LogP contribution < -0.4 is 5.73 Å². The second-order valence-corrected chi connectivity index (χ2v) is 7.89. The van der Waals surface area contributed by atoms with Gasteiger partial charge in [-0.2, -0.15) is 0 Å². The van der Waals surface area contributed by atoms with E-state index in [9.17, 15) is 4.79 Å². The van der Waals surface area contributed by atoms with Crippen LogP contribution in [-0.4, -0.2) is 10.5 Å². The predicted molar refractivity (Wildman–Crippen MR) is 111 cm³/mol. The fourth-order valence-corrected chi connectivity index (χ4v) is 4.77. The fraction of sp³-hybridized carbons (Fsp3) is 0.375. The summed E-state index contributed by atoms with van der Waals surface area (Å²) in [7, 11) is 0. The van der Waals surface area contributed by atoms with Crippen molar-refractivity contribution in [2.45, 2.75) is 51.0 Å². The van der Waals surface area contributed by atoms with Crippen LogP contribution in [0.3, 0.4) is 0 Å². The summed E-state index contributed by atoms with van der Waals surface area (Å²) in [6.07, 6.45) is 8.98. The SMILES string of the molecule is NC(=O)CC(c1cn(Cc2ccccc2)c2ccccc12)C1CCCCC1. The number of benzene rings is 2. The lowest BCUT2D eigenvalue weighted by Crippen LogP contribution is -2.22. The lowest BCUT2D eigenvalue weighted by Gasteiger charge is -2.29. The number of amides is 1. The van der Waals surface area contributed by atoms with Gasteiger partial charge in [0.25, 0.3) is 0 Å². The molecule has 3 nitrogen and oxygen atoms in total. The molecule has 0 radical (unpaired) electrons. The Morgan fingerprint density at radius 2 is 1.70 bits per heavy atom. The van der Waals surface area contributed by atoms with E-state index in [2.05, 4.69) is 65.4 Å². The van der Waals surface area contributed by atoms with Crippen LogP contribution in [0.4, 0.5) is 0 Å². The molecule has 4 rings (SSSR count). The zero-order valence-corrected chi connectivity index (χ0v) is 15.8. The number of nitrogens with zero attached hydrogens (tertiary/aromatic N) is 1. The molecule has 1 aliphatic rings. The molecule has 1 atom stereocenters. The summed E-state index contributed by atoms with van der Waals surface area (Å²) >= 11 is 0. The van der Waals surface area contributed by atoms with Gasteiger partial charge in [-0.1, -0.05) is 67.8 Å². The van der Waals surface area contributed by atoms with Gasteiger partial charge in [0.1, 0.15) is 0 Å². The summed E-state index contributed by atoms with van der Waals surface area (Å²) in [5, 5.41) is 1.27. The van der Waals surface area contributed by atoms with Crippen molar-refractivity contribution < 1.29 is 4.79 Å². The van der Waals surface area contributed by atoms with Crippen molar-refractivity contribution in [2.75, 3.05) is 0 Å². The standard InChI is InChI=1S/C24H28N2O/c25-24(27)15-21(19-11-5-2-6-12-19)22-17-26(16-18-9-3-1-4-10-18)23-14-8-7-13-20(22)23/h1,3-4,7-10,13-14,17,19,21H,2,5-6,11-12,15-16H2,(H2,25,27). The third-order valence-electron chi connectivity index (χ3n) is 6.05. The smallest absolute Gasteiger partial charge is 0.218 e. The van der Waals surface area contributed by atoms with Gasteiger partial charge in [-0.05, 0) is 41.9 Å². The number of carbonyl (C=O) groups excluding carboxylic acids is 1. The highest BCUT2D eigenvalue weighted by molar-refractivity contribution is 5.86. The summed E-state index contributed by atoms with van der Waals surface area (Å²) in [5.41, 5.74) is 9.49. The lowest BCUT2D eigenvalue weighted by atomic mass is 9.75. The van der Waals surface area contributed by atoms with E-state index in [0.717, 1.165) is 6.54 Å². The second-order valence-electron chi connectivity index (χ2n) is 7.89. The number of nitrogens with two attached hydrogens (primary N) is 1. The summed E-state index contributed by atoms with van der Waals surface area (Å²) in [6.45, 7) is 0.843. The molecule has 1 unspecified atom stereocenters. The summed E-state index contributed by atoms with van der Waals surface area (Å²) < 4.78 is 2.33. The van der Waals surface area contributed by atoms with E-state index in [0.29, 0.717) is 12.3 Å². The highest BCUT2D eigenvalue weighted by Crippen LogP contribution is 2.41. The first-order chi connectivity index (χ1) is 13.2. The largest absolute Gasteiger partial charge is 0.370 e. The molecule has 27 heavy (non-hydrogen) atoms. The molecule has 1 aliphatic carbocycles. The Morgan fingerprint density at radius 1 is 1.00 bits per heavy atom. The van der Waals surface area contributed by atoms with Crippen molar-refractivity contribution >= 4 is 16.8 Å². The van der Waals surface area contributed by atoms with Gasteiger partial charge in [0, 0.05) is 30.1 Å². The van der Waals surface area contributed by atoms with Gasteiger partial charge in [0.2, 0.25) is 5.91 Å². The van der Waals surface area contributed by atoms with Crippen LogP contribution in [0.1, 0.15) is 55.6 Å². The molecule has 0 spiro atoms. The predicted octanol–water partition coefficient (Wildman–Crippen LogP) is 5.23. The Balaban J connectivity index is 1.75. The third kappa shape index (κ3) is 3.92. The summed E-state index contributed by atoms with van der Waals surface area (Å²) in [6, 6.07) is 19.1. The fourth-order valence-electron chi connectivity index (χ4n) is 4.77. The quantitative estimate of drug-likeness (QED) is 0.643. The maximum Gasteiger partial charge on any atom is 0.218 e. The highest BCUT2D eigenvalue weighted by Gasteiger charge is 2.29. The van der Waals surface area contributed by atoms with Gasteiger partial charge < -0.3 is 10.3 Å². The number of rotatable bonds is 6. The Hall–Kier alpha value is -2.55. The molecule has 3 heteroatoms. The molecular formula is C24H28N2O. The van der Waals surface area contributed by atoms with Gasteiger partial charge in [-0.3, -0.25) is 4.79 Å². The number of hydrogen-bond acceptors (Lipinski definition) is 1. The minimum atomic E-state index is -0.189. The van der Waals surface area contributed by atoms with Crippen molar-refractivity contribution in [1.82, 2.24) is 4.57 Å². The van der Waals surface area contributed by atoms with Crippen molar-refractivity contribution in [2.24, 2.45) is 11.7 Å². The molecule has 0 bridgehead atoms. The van der Waals surface area contributed by atoms with E-state index in [1.165, 1.54) is 54.1 Å². The van der Waals surface area contributed by atoms with Crippen LogP contribution in [0.15, 0.2) is 60.8 Å². The molecule has 0 aliphatic heterocycles. The maximum absolute atomic E-state index is 11.9. The Morgan fingerprint density at radius 3 is 2.44 bits per heavy atom. The minimum Gasteiger partial charge on any atom is -0.370 e. The average molecular weight is 361 g/mol. The van der Waals surface area contributed by atoms with Crippen molar-refractivity contribution in [1.29, 1.82) is 0 Å². The first-order valence-electron chi connectivity index (χ1n) is 10.1. The van der Waals surface area contributed by atoms with E-state index in [1.807, 2.05) is 0 Å². The molecule has 1 saturated carbocycles. The number of fused-ring (bicyclic) bond motifs is 1. The maximum atomic E-state index is 11.9. The van der Waals surface area contributed by atoms with Gasteiger partial charge in [0.15, 0.2) is 0 Å². The van der Waals surface area contributed by atoms with Gasteiger partial charge >= 0.3 is 0 Å². The lowest BCUT2D eigenvalue weighted by molar-refractivity contribution is -0.118. The molecule has 1 fully saturated rings. The zero-order chi connectivity index (χ0) is 18.6. The molecule has 2 N–H and O–H groups in total. The number of para-hydroxylation sites is 1. The summed E-state index contributed by atoms with van der Waals surface area (Å²) in [4.78, 5) is 11.9. The van der Waals surface area contributed by atoms with Crippen molar-refractivity contribution in [3.05, 3.63) is 71.9 Å². The molecule has 0 saturated heterocycles. The van der Waals surface area contributed by atoms with Crippen LogP contribution in [0.2, 0.25) is 0 Å². The van der Waals surface area contributed by atoms with Crippen LogP contribution in [-0.2, 0) is 11.3 Å². The van der Waals surface area contributed by atoms with E-state index in [1.54, 1.807) is 0 Å². The van der Waals surface area contributed by atoms with Gasteiger partial charge in [0.05, 0.1) is 0 Å². The molecule has 1 amide bonds. The Bertz CT molecular complexity index is 907. The van der Waals surface area contributed by atoms with Crippen LogP contribution in [0, 0.1) is 5.92 Å². The van der Waals surface area contributed by atoms with Gasteiger partial charge in [-0.25, -0.2) is 0 Å². The monoisotopic (exact) mass is 360 g/mol. The average Bonchev–Trinajstić information content (AvgIpc) is 3.06. The molecular weight excluding hydrogens is 332 g/mol. The van der Waals surface area contributed by atoms with E-state index in [-0.39, 0.29) is 11.8 Å². The molecule has 1 heterocycles. The molecule has 1 aromatic heterocycles. The van der Waals surface area contributed by atoms with Crippen LogP contribution in [0.25, 0.3) is 10.9 Å². The number of primary amides is 1. The van der Waals surface area contributed by atoms with Crippen molar-refractivity contribution in [3.63, 3.8) is 0 Å². The van der Waals surface area contributed by atoms with Crippen LogP contribution in [0.5, 0.6) is 0 Å². The number of carbonyl (C=O) groups is 1. The normalized spacial score (nSPS) is 16.4. The summed E-state index contributed by atoms with van der Waals surface area (Å²) in [5.74, 6) is 0.595. The van der Waals surface area contributed by atoms with Crippen LogP contribution >= 0.6 is 0 Å². The molecule has 3 aromatic rings. The number of aromatic nitrogens is 1. The van der Waals surface area contributed by atoms with E-state index >= 15 is 0 Å².